The molecule has 0 rings (SSSR count). The first-order chi connectivity index (χ1) is 30.8. The maximum absolute atomic E-state index is 12.8. The molecule has 0 aliphatic heterocycles. The van der Waals surface area contributed by atoms with Crippen molar-refractivity contribution in [2.24, 2.45) is 11.8 Å². The minimum Gasteiger partial charge on any atom is -0.462 e. The first-order valence-corrected chi connectivity index (χ1v) is 28.3. The molecule has 0 fully saturated rings. The van der Waals surface area contributed by atoms with Crippen LogP contribution in [0.25, 0.3) is 0 Å². The number of hydrogen-bond donors (Lipinski definition) is 0. The zero-order valence-corrected chi connectivity index (χ0v) is 43.2. The van der Waals surface area contributed by atoms with Gasteiger partial charge in [-0.05, 0) is 31.1 Å². The minimum absolute atomic E-state index is 0.0633. The van der Waals surface area contributed by atoms with Crippen LogP contribution in [0, 0.1) is 11.8 Å². The highest BCUT2D eigenvalue weighted by atomic mass is 16.6. The third kappa shape index (κ3) is 49.7. The predicted octanol–water partition coefficient (Wildman–Crippen LogP) is 18.5. The highest BCUT2D eigenvalue weighted by molar-refractivity contribution is 5.71. The van der Waals surface area contributed by atoms with Crippen LogP contribution < -0.4 is 0 Å². The fraction of sp³-hybridized carbons (Fsp3) is 0.947. The molecule has 0 radical (unpaired) electrons. The van der Waals surface area contributed by atoms with Crippen molar-refractivity contribution >= 4 is 17.9 Å². The molecule has 0 saturated heterocycles. The molecule has 0 aromatic heterocycles. The second kappa shape index (κ2) is 49.8. The van der Waals surface area contributed by atoms with Gasteiger partial charge in [-0.15, -0.1) is 0 Å². The van der Waals surface area contributed by atoms with Gasteiger partial charge in [-0.25, -0.2) is 0 Å². The minimum atomic E-state index is -0.762. The first-order valence-electron chi connectivity index (χ1n) is 28.3. The molecule has 374 valence electrons. The molecule has 0 N–H and O–H groups in total. The molecule has 0 aliphatic rings. The summed E-state index contributed by atoms with van der Waals surface area (Å²) in [5, 5.41) is 0. The van der Waals surface area contributed by atoms with Crippen molar-refractivity contribution < 1.29 is 28.6 Å². The Kier molecular flexibility index (Phi) is 48.6. The highest BCUT2D eigenvalue weighted by Gasteiger charge is 2.19. The molecule has 0 saturated carbocycles. The smallest absolute Gasteiger partial charge is 0.306 e. The van der Waals surface area contributed by atoms with Crippen LogP contribution in [0.5, 0.6) is 0 Å². The van der Waals surface area contributed by atoms with Crippen molar-refractivity contribution in [2.45, 2.75) is 323 Å². The topological polar surface area (TPSA) is 78.9 Å². The largest absolute Gasteiger partial charge is 0.462 e. The maximum Gasteiger partial charge on any atom is 0.306 e. The van der Waals surface area contributed by atoms with E-state index in [2.05, 4.69) is 34.6 Å². The summed E-state index contributed by atoms with van der Waals surface area (Å²) in [5.74, 6) is 0.873. The van der Waals surface area contributed by atoms with Gasteiger partial charge < -0.3 is 14.2 Å². The summed E-state index contributed by atoms with van der Waals surface area (Å²) in [6, 6.07) is 0. The van der Waals surface area contributed by atoms with Gasteiger partial charge in [0.2, 0.25) is 0 Å². The molecule has 0 aromatic carbocycles. The Bertz CT molecular complexity index is 964. The fourth-order valence-electron chi connectivity index (χ4n) is 8.66. The molecule has 0 heterocycles. The van der Waals surface area contributed by atoms with E-state index in [1.54, 1.807) is 0 Å². The second-order valence-corrected chi connectivity index (χ2v) is 20.3. The average molecular weight is 892 g/mol. The summed E-state index contributed by atoms with van der Waals surface area (Å²) >= 11 is 0. The summed E-state index contributed by atoms with van der Waals surface area (Å²) in [5.41, 5.74) is 0. The molecule has 0 spiro atoms. The lowest BCUT2D eigenvalue weighted by atomic mass is 9.99. The second-order valence-electron chi connectivity index (χ2n) is 20.3. The lowest BCUT2D eigenvalue weighted by Crippen LogP contribution is -2.30. The first kappa shape index (κ1) is 61.4. The van der Waals surface area contributed by atoms with E-state index in [4.69, 9.17) is 14.2 Å². The Morgan fingerprint density at radius 2 is 0.603 bits per heavy atom. The lowest BCUT2D eigenvalue weighted by molar-refractivity contribution is -0.167. The van der Waals surface area contributed by atoms with Gasteiger partial charge in [0.05, 0.1) is 0 Å². The van der Waals surface area contributed by atoms with Crippen LogP contribution in [0.3, 0.4) is 0 Å². The summed E-state index contributed by atoms with van der Waals surface area (Å²) < 4.78 is 16.8. The van der Waals surface area contributed by atoms with Crippen molar-refractivity contribution in [1.82, 2.24) is 0 Å². The van der Waals surface area contributed by atoms with Gasteiger partial charge in [0, 0.05) is 19.3 Å². The van der Waals surface area contributed by atoms with Gasteiger partial charge in [-0.1, -0.05) is 279 Å². The molecule has 0 aliphatic carbocycles. The molecule has 6 heteroatoms. The fourth-order valence-corrected chi connectivity index (χ4v) is 8.66. The number of ether oxygens (including phenoxy) is 3. The Morgan fingerprint density at radius 3 is 0.905 bits per heavy atom. The predicted molar refractivity (Wildman–Crippen MR) is 270 cm³/mol. The quantitative estimate of drug-likeness (QED) is 0.0344. The Hall–Kier alpha value is -1.59. The van der Waals surface area contributed by atoms with Gasteiger partial charge >= 0.3 is 17.9 Å². The third-order valence-electron chi connectivity index (χ3n) is 13.3. The molecule has 6 nitrogen and oxygen atoms in total. The van der Waals surface area contributed by atoms with Crippen LogP contribution in [0.15, 0.2) is 0 Å². The SMILES string of the molecule is CCCCCCCCCCCCCC(=O)OC[C@H](COC(=O)CCCCCCCCCCCC(C)C)OC(=O)CCCCCCCCCCCCCCCCCCCCC(C)CC. The highest BCUT2D eigenvalue weighted by Crippen LogP contribution is 2.18. The third-order valence-corrected chi connectivity index (χ3v) is 13.3. The van der Waals surface area contributed by atoms with Crippen molar-refractivity contribution in [1.29, 1.82) is 0 Å². The van der Waals surface area contributed by atoms with Crippen molar-refractivity contribution in [2.75, 3.05) is 13.2 Å². The van der Waals surface area contributed by atoms with Crippen molar-refractivity contribution in [3.8, 4) is 0 Å². The summed E-state index contributed by atoms with van der Waals surface area (Å²) in [6.07, 6.45) is 52.4. The Balaban J connectivity index is 4.21. The number of hydrogen-bond acceptors (Lipinski definition) is 6. The van der Waals surface area contributed by atoms with Gasteiger partial charge in [0.25, 0.3) is 0 Å². The van der Waals surface area contributed by atoms with Crippen molar-refractivity contribution in [3.05, 3.63) is 0 Å². The number of carbonyl (C=O) groups is 3. The van der Waals surface area contributed by atoms with Crippen LogP contribution in [-0.2, 0) is 28.6 Å². The number of unbranched alkanes of at least 4 members (excludes halogenated alkanes) is 35. The van der Waals surface area contributed by atoms with Crippen LogP contribution >= 0.6 is 0 Å². The summed E-state index contributed by atoms with van der Waals surface area (Å²) in [4.78, 5) is 38.0. The summed E-state index contributed by atoms with van der Waals surface area (Å²) in [6.45, 7) is 11.4. The Morgan fingerprint density at radius 1 is 0.333 bits per heavy atom. The molecular weight excluding hydrogens is 781 g/mol. The summed E-state index contributed by atoms with van der Waals surface area (Å²) in [7, 11) is 0. The van der Waals surface area contributed by atoms with Crippen LogP contribution in [-0.4, -0.2) is 37.2 Å². The number of rotatable bonds is 51. The molecule has 0 aromatic rings. The molecule has 63 heavy (non-hydrogen) atoms. The monoisotopic (exact) mass is 891 g/mol. The zero-order valence-electron chi connectivity index (χ0n) is 43.2. The molecule has 0 amide bonds. The standard InChI is InChI=1S/C57H110O6/c1-6-8-9-10-11-12-21-27-32-37-42-47-55(58)61-50-54(51-62-56(59)48-43-38-33-29-24-25-30-35-40-45-52(3)4)63-57(60)49-44-39-34-28-23-20-18-16-14-13-15-17-19-22-26-31-36-41-46-53(5)7-2/h52-54H,6-51H2,1-5H3/t53?,54-/m1/s1. The maximum atomic E-state index is 12.8. The zero-order chi connectivity index (χ0) is 46.1. The van der Waals surface area contributed by atoms with E-state index in [0.717, 1.165) is 69.6 Å². The van der Waals surface area contributed by atoms with Crippen LogP contribution in [0.1, 0.15) is 317 Å². The van der Waals surface area contributed by atoms with Gasteiger partial charge in [-0.3, -0.25) is 14.4 Å². The lowest BCUT2D eigenvalue weighted by Gasteiger charge is -2.18. The van der Waals surface area contributed by atoms with E-state index in [1.165, 1.54) is 205 Å². The van der Waals surface area contributed by atoms with Crippen LogP contribution in [0.4, 0.5) is 0 Å². The van der Waals surface area contributed by atoms with E-state index in [9.17, 15) is 14.4 Å². The van der Waals surface area contributed by atoms with E-state index in [0.29, 0.717) is 19.3 Å². The van der Waals surface area contributed by atoms with Crippen LogP contribution in [0.2, 0.25) is 0 Å². The van der Waals surface area contributed by atoms with E-state index < -0.39 is 6.10 Å². The molecular formula is C57H110O6. The molecule has 2 atom stereocenters. The van der Waals surface area contributed by atoms with Gasteiger partial charge in [-0.2, -0.15) is 0 Å². The van der Waals surface area contributed by atoms with E-state index in [-0.39, 0.29) is 31.1 Å². The van der Waals surface area contributed by atoms with Gasteiger partial charge in [0.1, 0.15) is 13.2 Å². The van der Waals surface area contributed by atoms with Gasteiger partial charge in [0.15, 0.2) is 6.10 Å². The van der Waals surface area contributed by atoms with Crippen molar-refractivity contribution in [3.63, 3.8) is 0 Å². The Labute approximate surface area is 393 Å². The average Bonchev–Trinajstić information content (AvgIpc) is 3.27. The van der Waals surface area contributed by atoms with E-state index in [1.807, 2.05) is 0 Å². The molecule has 0 bridgehead atoms. The normalized spacial score (nSPS) is 12.5. The number of esters is 3. The van der Waals surface area contributed by atoms with E-state index >= 15 is 0 Å². The molecule has 1 unspecified atom stereocenters. The number of carbonyl (C=O) groups excluding carboxylic acids is 3.